The second-order valence-electron chi connectivity index (χ2n) is 4.77. The average Bonchev–Trinajstić information content (AvgIpc) is 2.96. The van der Waals surface area contributed by atoms with Gasteiger partial charge in [-0.1, -0.05) is 6.92 Å². The maximum atomic E-state index is 4.18. The molecular weight excluding hydrogens is 186 g/mol. The molecule has 2 rings (SSSR count). The lowest BCUT2D eigenvalue weighted by Crippen LogP contribution is -2.23. The fraction of sp³-hybridized carbons (Fsp3) is 0.750. The zero-order chi connectivity index (χ0) is 10.7. The number of rotatable bonds is 6. The molecule has 3 nitrogen and oxygen atoms in total. The van der Waals surface area contributed by atoms with Crippen molar-refractivity contribution in [2.24, 2.45) is 13.0 Å². The van der Waals surface area contributed by atoms with E-state index in [9.17, 15) is 0 Å². The number of hydrogen-bond acceptors (Lipinski definition) is 2. The van der Waals surface area contributed by atoms with E-state index in [1.807, 2.05) is 17.9 Å². The minimum atomic E-state index is 0.764. The first-order chi connectivity index (χ1) is 7.25. The lowest BCUT2D eigenvalue weighted by Gasteiger charge is -2.11. The predicted molar refractivity (Wildman–Crippen MR) is 61.7 cm³/mol. The quantitative estimate of drug-likeness (QED) is 0.770. The number of nitrogens with one attached hydrogen (secondary N) is 1. The topological polar surface area (TPSA) is 29.9 Å². The first-order valence-corrected chi connectivity index (χ1v) is 5.96. The molecule has 1 aliphatic carbocycles. The fourth-order valence-corrected chi connectivity index (χ4v) is 1.80. The molecule has 1 fully saturated rings. The largest absolute Gasteiger partial charge is 0.314 e. The van der Waals surface area contributed by atoms with Crippen LogP contribution in [0, 0.1) is 5.92 Å². The number of nitrogens with zero attached hydrogens (tertiary/aromatic N) is 2. The Morgan fingerprint density at radius 1 is 1.60 bits per heavy atom. The molecule has 1 saturated carbocycles. The van der Waals surface area contributed by atoms with Crippen LogP contribution in [-0.2, 0) is 13.5 Å². The standard InChI is InChI=1S/C12H21N3/c1-10(9-13-11-4-5-11)3-6-12-7-8-14-15(12)2/h7-8,10-11,13H,3-6,9H2,1-2H3. The summed E-state index contributed by atoms with van der Waals surface area (Å²) in [5.41, 5.74) is 1.34. The predicted octanol–water partition coefficient (Wildman–Crippen LogP) is 1.74. The van der Waals surface area contributed by atoms with Gasteiger partial charge >= 0.3 is 0 Å². The van der Waals surface area contributed by atoms with Crippen molar-refractivity contribution in [3.05, 3.63) is 18.0 Å². The van der Waals surface area contributed by atoms with E-state index in [1.54, 1.807) is 0 Å². The van der Waals surface area contributed by atoms with Crippen molar-refractivity contribution in [1.82, 2.24) is 15.1 Å². The highest BCUT2D eigenvalue weighted by Gasteiger charge is 2.20. The van der Waals surface area contributed by atoms with E-state index in [2.05, 4.69) is 23.4 Å². The van der Waals surface area contributed by atoms with Gasteiger partial charge in [-0.3, -0.25) is 4.68 Å². The summed E-state index contributed by atoms with van der Waals surface area (Å²) >= 11 is 0. The van der Waals surface area contributed by atoms with Gasteiger partial charge in [0.05, 0.1) is 0 Å². The highest BCUT2D eigenvalue weighted by molar-refractivity contribution is 4.99. The molecule has 0 aromatic carbocycles. The van der Waals surface area contributed by atoms with E-state index in [0.29, 0.717) is 0 Å². The van der Waals surface area contributed by atoms with Crippen molar-refractivity contribution in [1.29, 1.82) is 0 Å². The Kier molecular flexibility index (Phi) is 3.41. The first kappa shape index (κ1) is 10.7. The summed E-state index contributed by atoms with van der Waals surface area (Å²) in [5, 5.41) is 7.76. The zero-order valence-corrected chi connectivity index (χ0v) is 9.74. The van der Waals surface area contributed by atoms with Gasteiger partial charge in [-0.05, 0) is 44.2 Å². The highest BCUT2D eigenvalue weighted by atomic mass is 15.2. The van der Waals surface area contributed by atoms with Gasteiger partial charge in [0, 0.05) is 25.0 Å². The summed E-state index contributed by atoms with van der Waals surface area (Å²) in [4.78, 5) is 0. The van der Waals surface area contributed by atoms with Crippen LogP contribution in [0.5, 0.6) is 0 Å². The summed E-state index contributed by atoms with van der Waals surface area (Å²) in [6.07, 6.45) is 7.04. The molecule has 0 bridgehead atoms. The van der Waals surface area contributed by atoms with Crippen LogP contribution in [0.1, 0.15) is 31.9 Å². The molecule has 1 heterocycles. The molecule has 0 radical (unpaired) electrons. The Bertz CT molecular complexity index is 302. The van der Waals surface area contributed by atoms with E-state index in [-0.39, 0.29) is 0 Å². The van der Waals surface area contributed by atoms with Crippen molar-refractivity contribution in [3.8, 4) is 0 Å². The van der Waals surface area contributed by atoms with E-state index in [4.69, 9.17) is 0 Å². The smallest absolute Gasteiger partial charge is 0.0492 e. The third-order valence-electron chi connectivity index (χ3n) is 3.15. The molecule has 1 aliphatic rings. The summed E-state index contributed by atoms with van der Waals surface area (Å²) in [5.74, 6) is 0.764. The van der Waals surface area contributed by atoms with Gasteiger partial charge < -0.3 is 5.32 Å². The maximum Gasteiger partial charge on any atom is 0.0492 e. The summed E-state index contributed by atoms with van der Waals surface area (Å²) in [6.45, 7) is 3.49. The van der Waals surface area contributed by atoms with Crippen LogP contribution in [0.25, 0.3) is 0 Å². The SMILES string of the molecule is CC(CCc1ccnn1C)CNC1CC1. The van der Waals surface area contributed by atoms with Gasteiger partial charge in [0.1, 0.15) is 0 Å². The van der Waals surface area contributed by atoms with Gasteiger partial charge in [-0.15, -0.1) is 0 Å². The molecule has 3 heteroatoms. The van der Waals surface area contributed by atoms with E-state index in [1.165, 1.54) is 31.5 Å². The fourth-order valence-electron chi connectivity index (χ4n) is 1.80. The van der Waals surface area contributed by atoms with Crippen LogP contribution in [0.2, 0.25) is 0 Å². The molecule has 1 N–H and O–H groups in total. The van der Waals surface area contributed by atoms with Gasteiger partial charge in [0.15, 0.2) is 0 Å². The Morgan fingerprint density at radius 2 is 2.40 bits per heavy atom. The lowest BCUT2D eigenvalue weighted by molar-refractivity contribution is 0.473. The molecule has 15 heavy (non-hydrogen) atoms. The maximum absolute atomic E-state index is 4.18. The first-order valence-electron chi connectivity index (χ1n) is 5.96. The zero-order valence-electron chi connectivity index (χ0n) is 9.74. The second-order valence-corrected chi connectivity index (χ2v) is 4.77. The van der Waals surface area contributed by atoms with Crippen LogP contribution in [0.4, 0.5) is 0 Å². The van der Waals surface area contributed by atoms with Crippen LogP contribution in [-0.4, -0.2) is 22.4 Å². The van der Waals surface area contributed by atoms with Crippen molar-refractivity contribution >= 4 is 0 Å². The van der Waals surface area contributed by atoms with Crippen molar-refractivity contribution in [2.45, 2.75) is 38.6 Å². The summed E-state index contributed by atoms with van der Waals surface area (Å²) in [7, 11) is 2.02. The lowest BCUT2D eigenvalue weighted by atomic mass is 10.0. The third kappa shape index (κ3) is 3.34. The van der Waals surface area contributed by atoms with E-state index >= 15 is 0 Å². The van der Waals surface area contributed by atoms with Crippen LogP contribution < -0.4 is 5.32 Å². The molecule has 1 aromatic heterocycles. The Hall–Kier alpha value is -0.830. The summed E-state index contributed by atoms with van der Waals surface area (Å²) in [6, 6.07) is 2.95. The number of hydrogen-bond donors (Lipinski definition) is 1. The molecule has 84 valence electrons. The van der Waals surface area contributed by atoms with Gasteiger partial charge in [0.25, 0.3) is 0 Å². The molecule has 1 atom stereocenters. The average molecular weight is 207 g/mol. The van der Waals surface area contributed by atoms with Crippen LogP contribution >= 0.6 is 0 Å². The van der Waals surface area contributed by atoms with E-state index < -0.39 is 0 Å². The Balaban J connectivity index is 1.65. The molecule has 0 amide bonds. The number of aryl methyl sites for hydroxylation is 2. The number of aromatic nitrogens is 2. The highest BCUT2D eigenvalue weighted by Crippen LogP contribution is 2.19. The monoisotopic (exact) mass is 207 g/mol. The third-order valence-corrected chi connectivity index (χ3v) is 3.15. The Labute approximate surface area is 91.9 Å². The van der Waals surface area contributed by atoms with Crippen LogP contribution in [0.15, 0.2) is 12.3 Å². The van der Waals surface area contributed by atoms with Crippen molar-refractivity contribution < 1.29 is 0 Å². The van der Waals surface area contributed by atoms with Gasteiger partial charge in [0.2, 0.25) is 0 Å². The van der Waals surface area contributed by atoms with Gasteiger partial charge in [-0.2, -0.15) is 5.10 Å². The molecule has 0 spiro atoms. The molecule has 1 unspecified atom stereocenters. The molecule has 0 saturated heterocycles. The Morgan fingerprint density at radius 3 is 3.00 bits per heavy atom. The molecule has 0 aliphatic heterocycles. The van der Waals surface area contributed by atoms with Crippen molar-refractivity contribution in [2.75, 3.05) is 6.54 Å². The van der Waals surface area contributed by atoms with Crippen LogP contribution in [0.3, 0.4) is 0 Å². The molecule has 1 aromatic rings. The minimum Gasteiger partial charge on any atom is -0.314 e. The van der Waals surface area contributed by atoms with E-state index in [0.717, 1.165) is 18.4 Å². The normalized spacial score (nSPS) is 18.0. The van der Waals surface area contributed by atoms with Crippen molar-refractivity contribution in [3.63, 3.8) is 0 Å². The summed E-state index contributed by atoms with van der Waals surface area (Å²) < 4.78 is 1.97. The second kappa shape index (κ2) is 4.79. The molecular formula is C12H21N3. The minimum absolute atomic E-state index is 0.764. The van der Waals surface area contributed by atoms with Gasteiger partial charge in [-0.25, -0.2) is 0 Å².